The van der Waals surface area contributed by atoms with Crippen LogP contribution in [0.5, 0.6) is 5.75 Å². The van der Waals surface area contributed by atoms with E-state index in [9.17, 15) is 14.0 Å². The number of nitrogens with one attached hydrogen (secondary N) is 1. The number of anilines is 1. The van der Waals surface area contributed by atoms with E-state index in [1.165, 1.54) is 49.6 Å². The number of hydrogen-bond donors (Lipinski definition) is 2. The Bertz CT molecular complexity index is 1390. The van der Waals surface area contributed by atoms with E-state index in [2.05, 4.69) is 10.3 Å². The molecule has 8 heteroatoms. The third-order valence-electron chi connectivity index (χ3n) is 4.67. The van der Waals surface area contributed by atoms with Crippen molar-refractivity contribution in [3.8, 4) is 5.75 Å². The van der Waals surface area contributed by atoms with Crippen LogP contribution in [0.3, 0.4) is 0 Å². The third kappa shape index (κ3) is 4.20. The van der Waals surface area contributed by atoms with Crippen molar-refractivity contribution >= 4 is 34.2 Å². The van der Waals surface area contributed by atoms with E-state index in [0.717, 1.165) is 0 Å². The van der Waals surface area contributed by atoms with Gasteiger partial charge in [-0.3, -0.25) is 4.79 Å². The lowest BCUT2D eigenvalue weighted by Gasteiger charge is -2.09. The number of amides is 1. The van der Waals surface area contributed by atoms with Crippen LogP contribution in [0.25, 0.3) is 11.0 Å². The fraction of sp³-hybridized carbons (Fsp3) is 0.0417. The molecular weight excluding hydrogens is 415 g/mol. The smallest absolute Gasteiger partial charge is 0.335 e. The van der Waals surface area contributed by atoms with Crippen molar-refractivity contribution in [1.82, 2.24) is 0 Å². The molecule has 4 rings (SSSR count). The first-order valence-electron chi connectivity index (χ1n) is 9.51. The number of ether oxygens (including phenoxy) is 1. The maximum absolute atomic E-state index is 14.0. The molecule has 0 aliphatic carbocycles. The number of hydrogen-bond acceptors (Lipinski definition) is 5. The molecule has 0 aliphatic rings. The summed E-state index contributed by atoms with van der Waals surface area (Å²) in [6.07, 6.45) is 0. The van der Waals surface area contributed by atoms with Gasteiger partial charge in [0, 0.05) is 5.39 Å². The summed E-state index contributed by atoms with van der Waals surface area (Å²) in [5.74, 6) is -1.82. The molecule has 0 bridgehead atoms. The van der Waals surface area contributed by atoms with E-state index in [1.807, 2.05) is 0 Å². The lowest BCUT2D eigenvalue weighted by molar-refractivity contribution is 0.0696. The van der Waals surface area contributed by atoms with Gasteiger partial charge in [0.15, 0.2) is 11.3 Å². The average Bonchev–Trinajstić information content (AvgIpc) is 2.80. The molecular formula is C24H17FN2O5. The maximum Gasteiger partial charge on any atom is 0.335 e. The summed E-state index contributed by atoms with van der Waals surface area (Å²) in [7, 11) is 1.49. The van der Waals surface area contributed by atoms with Gasteiger partial charge in [0.2, 0.25) is 5.55 Å². The van der Waals surface area contributed by atoms with E-state index in [-0.39, 0.29) is 22.4 Å². The van der Waals surface area contributed by atoms with Gasteiger partial charge in [-0.15, -0.1) is 0 Å². The number of nitrogens with zero attached hydrogens (tertiary/aromatic N) is 1. The Morgan fingerprint density at radius 3 is 2.47 bits per heavy atom. The fourth-order valence-corrected chi connectivity index (χ4v) is 3.08. The van der Waals surface area contributed by atoms with Gasteiger partial charge < -0.3 is 19.6 Å². The maximum atomic E-state index is 14.0. The van der Waals surface area contributed by atoms with Crippen molar-refractivity contribution in [2.75, 3.05) is 12.4 Å². The van der Waals surface area contributed by atoms with Crippen molar-refractivity contribution < 1.29 is 28.2 Å². The van der Waals surface area contributed by atoms with Crippen molar-refractivity contribution in [3.05, 3.63) is 95.3 Å². The van der Waals surface area contributed by atoms with Gasteiger partial charge >= 0.3 is 5.97 Å². The first kappa shape index (κ1) is 20.8. The van der Waals surface area contributed by atoms with Crippen LogP contribution in [0.15, 0.2) is 82.2 Å². The molecule has 1 amide bonds. The topological polar surface area (TPSA) is 101 Å². The van der Waals surface area contributed by atoms with Crippen LogP contribution in [0.4, 0.5) is 15.8 Å². The predicted molar refractivity (Wildman–Crippen MR) is 116 cm³/mol. The minimum absolute atomic E-state index is 0.0139. The predicted octanol–water partition coefficient (Wildman–Crippen LogP) is 4.76. The van der Waals surface area contributed by atoms with Crippen LogP contribution in [0.2, 0.25) is 0 Å². The SMILES string of the molecule is COc1cccc2cc(C(=O)Nc3ccccc3F)c(=Nc3ccc(C(=O)O)cc3)oc12. The molecule has 160 valence electrons. The lowest BCUT2D eigenvalue weighted by Crippen LogP contribution is -2.22. The average molecular weight is 432 g/mol. The van der Waals surface area contributed by atoms with Gasteiger partial charge in [-0.05, 0) is 48.5 Å². The second-order valence-corrected chi connectivity index (χ2v) is 6.74. The number of carbonyl (C=O) groups excluding carboxylic acids is 1. The normalized spacial score (nSPS) is 11.4. The Morgan fingerprint density at radius 1 is 1.03 bits per heavy atom. The number of aromatic carboxylic acids is 1. The zero-order valence-electron chi connectivity index (χ0n) is 16.8. The monoisotopic (exact) mass is 432 g/mol. The molecule has 0 fully saturated rings. The van der Waals surface area contributed by atoms with Gasteiger partial charge in [-0.1, -0.05) is 24.3 Å². The van der Waals surface area contributed by atoms with E-state index in [4.69, 9.17) is 14.3 Å². The number of para-hydroxylation sites is 2. The van der Waals surface area contributed by atoms with E-state index in [1.54, 1.807) is 30.3 Å². The van der Waals surface area contributed by atoms with E-state index < -0.39 is 17.7 Å². The Labute approximate surface area is 181 Å². The zero-order valence-corrected chi connectivity index (χ0v) is 16.8. The molecule has 0 aliphatic heterocycles. The number of fused-ring (bicyclic) bond motifs is 1. The van der Waals surface area contributed by atoms with Crippen molar-refractivity contribution in [2.45, 2.75) is 0 Å². The lowest BCUT2D eigenvalue weighted by atomic mass is 10.1. The highest BCUT2D eigenvalue weighted by Crippen LogP contribution is 2.25. The van der Waals surface area contributed by atoms with Gasteiger partial charge in [-0.25, -0.2) is 14.2 Å². The standard InChI is InChI=1S/C24H17FN2O5/c1-31-20-8-4-5-15-13-17(22(28)27-19-7-3-2-6-18(19)25)23(32-21(15)20)26-16-11-9-14(10-12-16)24(29)30/h2-13H,1H3,(H,27,28)(H,29,30). The molecule has 4 aromatic rings. The summed E-state index contributed by atoms with van der Waals surface area (Å²) in [6.45, 7) is 0. The highest BCUT2D eigenvalue weighted by atomic mass is 19.1. The van der Waals surface area contributed by atoms with E-state index >= 15 is 0 Å². The van der Waals surface area contributed by atoms with Crippen LogP contribution in [-0.4, -0.2) is 24.1 Å². The molecule has 32 heavy (non-hydrogen) atoms. The second-order valence-electron chi connectivity index (χ2n) is 6.74. The molecule has 0 saturated carbocycles. The molecule has 1 heterocycles. The number of rotatable bonds is 5. The van der Waals surface area contributed by atoms with Gasteiger partial charge in [0.25, 0.3) is 5.91 Å². The molecule has 0 unspecified atom stereocenters. The fourth-order valence-electron chi connectivity index (χ4n) is 3.08. The number of carbonyl (C=O) groups is 2. The molecule has 0 spiro atoms. The van der Waals surface area contributed by atoms with Gasteiger partial charge in [-0.2, -0.15) is 0 Å². The van der Waals surface area contributed by atoms with Gasteiger partial charge in [0.05, 0.1) is 24.0 Å². The summed E-state index contributed by atoms with van der Waals surface area (Å²) in [4.78, 5) is 28.5. The molecule has 0 radical (unpaired) electrons. The summed E-state index contributed by atoms with van der Waals surface area (Å²) < 4.78 is 25.3. The number of carboxylic acid groups (broad SMARTS) is 1. The summed E-state index contributed by atoms with van der Waals surface area (Å²) in [5, 5.41) is 12.2. The van der Waals surface area contributed by atoms with Crippen LogP contribution in [0, 0.1) is 5.82 Å². The van der Waals surface area contributed by atoms with Gasteiger partial charge in [0.1, 0.15) is 11.4 Å². The van der Waals surface area contributed by atoms with Crippen molar-refractivity contribution in [2.24, 2.45) is 4.99 Å². The number of benzene rings is 3. The van der Waals surface area contributed by atoms with Crippen LogP contribution < -0.4 is 15.6 Å². The minimum Gasteiger partial charge on any atom is -0.493 e. The molecule has 1 aromatic heterocycles. The molecule has 2 N–H and O–H groups in total. The number of halogens is 1. The Hall–Kier alpha value is -4.46. The summed E-state index contributed by atoms with van der Waals surface area (Å²) in [5.41, 5.74) is 0.875. The Morgan fingerprint density at radius 2 is 1.78 bits per heavy atom. The molecule has 7 nitrogen and oxygen atoms in total. The molecule has 0 atom stereocenters. The molecule has 0 saturated heterocycles. The first-order valence-corrected chi connectivity index (χ1v) is 9.51. The van der Waals surface area contributed by atoms with Crippen molar-refractivity contribution in [3.63, 3.8) is 0 Å². The number of methoxy groups -OCH3 is 1. The number of carboxylic acids is 1. The van der Waals surface area contributed by atoms with Crippen LogP contribution >= 0.6 is 0 Å². The third-order valence-corrected chi connectivity index (χ3v) is 4.67. The van der Waals surface area contributed by atoms with Crippen molar-refractivity contribution in [1.29, 1.82) is 0 Å². The molecule has 3 aromatic carbocycles. The van der Waals surface area contributed by atoms with Crippen LogP contribution in [0.1, 0.15) is 20.7 Å². The summed E-state index contributed by atoms with van der Waals surface area (Å²) in [6, 6.07) is 18.3. The highest BCUT2D eigenvalue weighted by Gasteiger charge is 2.16. The zero-order chi connectivity index (χ0) is 22.7. The Balaban J connectivity index is 1.87. The largest absolute Gasteiger partial charge is 0.493 e. The minimum atomic E-state index is -1.07. The van der Waals surface area contributed by atoms with Crippen LogP contribution in [-0.2, 0) is 0 Å². The quantitative estimate of drug-likeness (QED) is 0.473. The Kier molecular flexibility index (Phi) is 5.67. The highest BCUT2D eigenvalue weighted by molar-refractivity contribution is 6.05. The summed E-state index contributed by atoms with van der Waals surface area (Å²) >= 11 is 0. The first-order chi connectivity index (χ1) is 15.5. The van der Waals surface area contributed by atoms with E-state index in [0.29, 0.717) is 22.4 Å². The second kappa shape index (κ2) is 8.73.